The van der Waals surface area contributed by atoms with Gasteiger partial charge in [-0.2, -0.15) is 0 Å². The van der Waals surface area contributed by atoms with E-state index >= 15 is 0 Å². The SMILES string of the molecule is [2H]C([2H])([2H])C([2H])([2H])Oc1ccc(CC)cc1. The van der Waals surface area contributed by atoms with Crippen molar-refractivity contribution in [2.75, 3.05) is 6.56 Å². The molecule has 60 valence electrons. The highest BCUT2D eigenvalue weighted by Gasteiger charge is 1.90. The number of ether oxygens (including phenoxy) is 1. The van der Waals surface area contributed by atoms with Crippen LogP contribution in [0.15, 0.2) is 24.3 Å². The fraction of sp³-hybridized carbons (Fsp3) is 0.400. The minimum absolute atomic E-state index is 0.221. The van der Waals surface area contributed by atoms with Crippen molar-refractivity contribution in [2.45, 2.75) is 20.2 Å². The molecule has 1 rings (SSSR count). The lowest BCUT2D eigenvalue weighted by Gasteiger charge is -2.02. The molecule has 0 atom stereocenters. The summed E-state index contributed by atoms with van der Waals surface area (Å²) in [5.74, 6) is 0.221. The summed E-state index contributed by atoms with van der Waals surface area (Å²) in [6.45, 7) is -3.46. The second-order valence-electron chi connectivity index (χ2n) is 2.20. The van der Waals surface area contributed by atoms with Crippen molar-refractivity contribution in [1.29, 1.82) is 0 Å². The van der Waals surface area contributed by atoms with Gasteiger partial charge in [-0.25, -0.2) is 0 Å². The Labute approximate surface area is 75.0 Å². The zero-order valence-electron chi connectivity index (χ0n) is 11.4. The van der Waals surface area contributed by atoms with Gasteiger partial charge < -0.3 is 4.74 Å². The smallest absolute Gasteiger partial charge is 0.119 e. The standard InChI is InChI=1S/C10H14O/c1-3-9-5-7-10(8-6-9)11-4-2/h5-8H,3-4H2,1-2H3/i2D3,4D2. The van der Waals surface area contributed by atoms with E-state index in [1.807, 2.05) is 6.92 Å². The van der Waals surface area contributed by atoms with E-state index in [9.17, 15) is 0 Å². The molecule has 0 aliphatic rings. The van der Waals surface area contributed by atoms with Gasteiger partial charge in [-0.1, -0.05) is 19.1 Å². The molecule has 0 heterocycles. The van der Waals surface area contributed by atoms with Crippen LogP contribution in [0.1, 0.15) is 26.2 Å². The second-order valence-corrected chi connectivity index (χ2v) is 2.20. The number of aryl methyl sites for hydroxylation is 1. The van der Waals surface area contributed by atoms with Crippen LogP contribution < -0.4 is 4.74 Å². The predicted octanol–water partition coefficient (Wildman–Crippen LogP) is 2.65. The summed E-state index contributed by atoms with van der Waals surface area (Å²) in [5, 5.41) is 0. The molecule has 0 aliphatic heterocycles. The summed E-state index contributed by atoms with van der Waals surface area (Å²) in [6, 6.07) is 6.71. The Morgan fingerprint density at radius 3 is 2.73 bits per heavy atom. The first-order valence-corrected chi connectivity index (χ1v) is 3.54. The molecule has 0 aromatic heterocycles. The van der Waals surface area contributed by atoms with Crippen molar-refractivity contribution < 1.29 is 11.6 Å². The average molecular weight is 155 g/mol. The molecule has 0 amide bonds. The zero-order chi connectivity index (χ0) is 12.4. The van der Waals surface area contributed by atoms with E-state index in [4.69, 9.17) is 11.6 Å². The molecule has 0 fully saturated rings. The van der Waals surface area contributed by atoms with Gasteiger partial charge in [0.1, 0.15) is 5.75 Å². The van der Waals surface area contributed by atoms with Crippen LogP contribution in [0.25, 0.3) is 0 Å². The highest BCUT2D eigenvalue weighted by atomic mass is 16.5. The van der Waals surface area contributed by atoms with Crippen LogP contribution in [-0.2, 0) is 6.42 Å². The number of rotatable bonds is 3. The molecule has 11 heavy (non-hydrogen) atoms. The Morgan fingerprint density at radius 1 is 1.45 bits per heavy atom. The average Bonchev–Trinajstić information content (AvgIpc) is 2.16. The van der Waals surface area contributed by atoms with Gasteiger partial charge in [-0.15, -0.1) is 0 Å². The highest BCUT2D eigenvalue weighted by Crippen LogP contribution is 2.11. The molecule has 1 aromatic rings. The van der Waals surface area contributed by atoms with Crippen LogP contribution in [0.2, 0.25) is 0 Å². The lowest BCUT2D eigenvalue weighted by molar-refractivity contribution is 0.340. The molecule has 0 unspecified atom stereocenters. The largest absolute Gasteiger partial charge is 0.494 e. The normalized spacial score (nSPS) is 18.8. The molecule has 0 saturated heterocycles. The van der Waals surface area contributed by atoms with E-state index in [0.717, 1.165) is 12.0 Å². The van der Waals surface area contributed by atoms with Crippen molar-refractivity contribution in [3.05, 3.63) is 29.8 Å². The van der Waals surface area contributed by atoms with Crippen LogP contribution in [-0.4, -0.2) is 6.56 Å². The van der Waals surface area contributed by atoms with Gasteiger partial charge in [-0.3, -0.25) is 0 Å². The van der Waals surface area contributed by atoms with Crippen molar-refractivity contribution in [2.24, 2.45) is 0 Å². The van der Waals surface area contributed by atoms with Crippen LogP contribution in [0.5, 0.6) is 5.75 Å². The van der Waals surface area contributed by atoms with Gasteiger partial charge in [0.25, 0.3) is 0 Å². The van der Waals surface area contributed by atoms with Gasteiger partial charge in [-0.05, 0) is 31.0 Å². The van der Waals surface area contributed by atoms with Crippen molar-refractivity contribution in [3.63, 3.8) is 0 Å². The molecule has 0 spiro atoms. The van der Waals surface area contributed by atoms with E-state index in [0.29, 0.717) is 0 Å². The predicted molar refractivity (Wildman–Crippen MR) is 47.0 cm³/mol. The third kappa shape index (κ3) is 2.26. The van der Waals surface area contributed by atoms with E-state index in [1.54, 1.807) is 24.3 Å². The Kier molecular flexibility index (Phi) is 1.32. The van der Waals surface area contributed by atoms with Gasteiger partial charge in [0.2, 0.25) is 0 Å². The monoisotopic (exact) mass is 155 g/mol. The summed E-state index contributed by atoms with van der Waals surface area (Å²) in [5.41, 5.74) is 1.08. The number of benzene rings is 1. The maximum atomic E-state index is 7.30. The molecule has 1 nitrogen and oxygen atoms in total. The molecule has 0 aliphatic carbocycles. The van der Waals surface area contributed by atoms with Gasteiger partial charge in [0, 0.05) is 4.11 Å². The molecule has 1 heteroatoms. The van der Waals surface area contributed by atoms with Gasteiger partial charge >= 0.3 is 0 Å². The Morgan fingerprint density at radius 2 is 2.18 bits per heavy atom. The summed E-state index contributed by atoms with van der Waals surface area (Å²) in [6.07, 6.45) is 0.868. The lowest BCUT2D eigenvalue weighted by Crippen LogP contribution is -1.90. The molecule has 0 saturated carbocycles. The second kappa shape index (κ2) is 4.02. The topological polar surface area (TPSA) is 9.23 Å². The molecular weight excluding hydrogens is 136 g/mol. The molecule has 0 radical (unpaired) electrons. The summed E-state index contributed by atoms with van der Waals surface area (Å²) >= 11 is 0. The quantitative estimate of drug-likeness (QED) is 0.652. The Hall–Kier alpha value is -0.980. The van der Waals surface area contributed by atoms with Crippen molar-refractivity contribution >= 4 is 0 Å². The lowest BCUT2D eigenvalue weighted by atomic mass is 10.2. The van der Waals surface area contributed by atoms with E-state index in [-0.39, 0.29) is 5.75 Å². The molecular formula is C10H14O. The maximum Gasteiger partial charge on any atom is 0.119 e. The van der Waals surface area contributed by atoms with E-state index < -0.39 is 13.4 Å². The summed E-state index contributed by atoms with van der Waals surface area (Å²) in [4.78, 5) is 0. The van der Waals surface area contributed by atoms with Crippen LogP contribution in [0, 0.1) is 0 Å². The third-order valence-corrected chi connectivity index (χ3v) is 1.50. The third-order valence-electron chi connectivity index (χ3n) is 1.50. The Balaban J connectivity index is 2.80. The van der Waals surface area contributed by atoms with Crippen molar-refractivity contribution in [1.82, 2.24) is 0 Å². The zero-order valence-corrected chi connectivity index (χ0v) is 6.42. The molecule has 0 bridgehead atoms. The van der Waals surface area contributed by atoms with E-state index in [1.165, 1.54) is 0 Å². The minimum atomic E-state index is -2.80. The Bertz CT molecular complexity index is 341. The molecule has 1 aromatic carbocycles. The first-order valence-electron chi connectivity index (χ1n) is 6.04. The first-order chi connectivity index (χ1) is 7.26. The fourth-order valence-electron chi connectivity index (χ4n) is 0.852. The number of hydrogen-bond donors (Lipinski definition) is 0. The highest BCUT2D eigenvalue weighted by molar-refractivity contribution is 5.26. The summed E-state index contributed by atoms with van der Waals surface area (Å²) in [7, 11) is 0. The summed E-state index contributed by atoms with van der Waals surface area (Å²) < 4.78 is 40.4. The first kappa shape index (κ1) is 3.61. The molecule has 0 N–H and O–H groups in total. The van der Waals surface area contributed by atoms with Crippen LogP contribution in [0.3, 0.4) is 0 Å². The maximum absolute atomic E-state index is 7.30. The van der Waals surface area contributed by atoms with Gasteiger partial charge in [0.05, 0.1) is 9.30 Å². The van der Waals surface area contributed by atoms with Gasteiger partial charge in [0.15, 0.2) is 0 Å². The van der Waals surface area contributed by atoms with Crippen LogP contribution in [0.4, 0.5) is 0 Å². The van der Waals surface area contributed by atoms with Crippen molar-refractivity contribution in [3.8, 4) is 5.75 Å². The van der Waals surface area contributed by atoms with E-state index in [2.05, 4.69) is 0 Å². The van der Waals surface area contributed by atoms with Crippen LogP contribution >= 0.6 is 0 Å². The fourth-order valence-corrected chi connectivity index (χ4v) is 0.852. The number of hydrogen-bond acceptors (Lipinski definition) is 1. The minimum Gasteiger partial charge on any atom is -0.494 e.